The van der Waals surface area contributed by atoms with E-state index in [0.717, 1.165) is 12.8 Å². The summed E-state index contributed by atoms with van der Waals surface area (Å²) in [6, 6.07) is 5.71. The lowest BCUT2D eigenvalue weighted by Gasteiger charge is -2.40. The molecule has 6 heteroatoms. The molecule has 1 amide bonds. The third-order valence-electron chi connectivity index (χ3n) is 4.80. The van der Waals surface area contributed by atoms with Crippen molar-refractivity contribution < 1.29 is 4.79 Å². The number of benzene rings is 1. The molecule has 0 saturated heterocycles. The molecule has 1 N–H and O–H groups in total. The van der Waals surface area contributed by atoms with Crippen LogP contribution >= 0.6 is 12.2 Å². The second-order valence-corrected chi connectivity index (χ2v) is 7.02. The predicted molar refractivity (Wildman–Crippen MR) is 98.0 cm³/mol. The molecular formula is C18H23N3O2S. The molecule has 1 aromatic carbocycles. The van der Waals surface area contributed by atoms with Crippen molar-refractivity contribution >= 4 is 29.0 Å². The van der Waals surface area contributed by atoms with Gasteiger partial charge in [-0.1, -0.05) is 0 Å². The van der Waals surface area contributed by atoms with Gasteiger partial charge < -0.3 is 9.88 Å². The monoisotopic (exact) mass is 345 g/mol. The molecule has 1 saturated carbocycles. The van der Waals surface area contributed by atoms with Gasteiger partial charge in [0, 0.05) is 24.2 Å². The van der Waals surface area contributed by atoms with Crippen molar-refractivity contribution in [2.24, 2.45) is 0 Å². The summed E-state index contributed by atoms with van der Waals surface area (Å²) in [5.41, 5.74) is 1.11. The van der Waals surface area contributed by atoms with Crippen LogP contribution in [0.1, 0.15) is 50.4 Å². The first-order chi connectivity index (χ1) is 11.4. The van der Waals surface area contributed by atoms with E-state index < -0.39 is 0 Å². The molecule has 3 rings (SSSR count). The lowest BCUT2D eigenvalue weighted by Crippen LogP contribution is -2.48. The number of aromatic nitrogens is 2. The topological polar surface area (TPSA) is 58.1 Å². The number of nitrogens with one attached hydrogen (secondary N) is 1. The molecule has 0 bridgehead atoms. The molecule has 0 unspecified atom stereocenters. The van der Waals surface area contributed by atoms with E-state index in [9.17, 15) is 9.59 Å². The zero-order chi connectivity index (χ0) is 17.4. The number of hydrogen-bond donors (Lipinski definition) is 1. The maximum Gasteiger partial charge on any atom is 0.262 e. The summed E-state index contributed by atoms with van der Waals surface area (Å²) < 4.78 is 1.91. The molecule has 1 aliphatic rings. The highest BCUT2D eigenvalue weighted by Crippen LogP contribution is 2.28. The Morgan fingerprint density at radius 3 is 2.67 bits per heavy atom. The van der Waals surface area contributed by atoms with Crippen LogP contribution in [0, 0.1) is 4.77 Å². The zero-order valence-electron chi connectivity index (χ0n) is 14.3. The summed E-state index contributed by atoms with van der Waals surface area (Å²) in [7, 11) is 0. The number of rotatable bonds is 4. The van der Waals surface area contributed by atoms with Crippen molar-refractivity contribution in [3.63, 3.8) is 0 Å². The first kappa shape index (κ1) is 16.9. The third kappa shape index (κ3) is 2.79. The first-order valence-electron chi connectivity index (χ1n) is 8.53. The molecule has 0 radical (unpaired) electrons. The molecule has 2 aromatic rings. The minimum absolute atomic E-state index is 0.0237. The number of carbonyl (C=O) groups is 1. The number of carbonyl (C=O) groups excluding carboxylic acids is 1. The van der Waals surface area contributed by atoms with Gasteiger partial charge in [-0.25, -0.2) is 0 Å². The number of hydrogen-bond acceptors (Lipinski definition) is 3. The van der Waals surface area contributed by atoms with Crippen LogP contribution in [0.15, 0.2) is 23.0 Å². The lowest BCUT2D eigenvalue weighted by atomic mass is 9.90. The van der Waals surface area contributed by atoms with E-state index in [2.05, 4.69) is 4.98 Å². The van der Waals surface area contributed by atoms with E-state index in [1.54, 1.807) is 18.2 Å². The minimum Gasteiger partial charge on any atom is -0.333 e. The maximum absolute atomic E-state index is 13.0. The molecule has 0 aliphatic heterocycles. The van der Waals surface area contributed by atoms with E-state index in [1.807, 2.05) is 25.7 Å². The van der Waals surface area contributed by atoms with Gasteiger partial charge in [-0.3, -0.25) is 14.2 Å². The highest BCUT2D eigenvalue weighted by molar-refractivity contribution is 7.71. The molecule has 1 aromatic heterocycles. The fraction of sp³-hybridized carbons (Fsp3) is 0.500. The average molecular weight is 345 g/mol. The van der Waals surface area contributed by atoms with Gasteiger partial charge >= 0.3 is 0 Å². The summed E-state index contributed by atoms with van der Waals surface area (Å²) in [4.78, 5) is 30.5. The SMILES string of the molecule is CCn1c(=S)[nH]c2cc(C(=O)N(C(C)C)C3CCC3)ccc2c1=O. The van der Waals surface area contributed by atoms with Crippen molar-refractivity contribution in [1.29, 1.82) is 0 Å². The van der Waals surface area contributed by atoms with Gasteiger partial charge in [0.05, 0.1) is 10.9 Å². The van der Waals surface area contributed by atoms with Gasteiger partial charge in [0.25, 0.3) is 11.5 Å². The molecule has 5 nitrogen and oxygen atoms in total. The number of H-pyrrole nitrogens is 1. The number of aromatic amines is 1. The van der Waals surface area contributed by atoms with Crippen LogP contribution in [-0.2, 0) is 6.54 Å². The second kappa shape index (κ2) is 6.51. The molecule has 1 heterocycles. The standard InChI is InChI=1S/C18H23N3O2S/c1-4-20-17(23)14-9-8-12(10-15(14)19-18(20)24)16(22)21(11(2)3)13-6-5-7-13/h8-11,13H,4-7H2,1-3H3,(H,19,24). The van der Waals surface area contributed by atoms with Crippen molar-refractivity contribution in [2.45, 2.75) is 58.7 Å². The Kier molecular flexibility index (Phi) is 4.58. The number of amides is 1. The van der Waals surface area contributed by atoms with Crippen LogP contribution in [0.4, 0.5) is 0 Å². The summed E-state index contributed by atoms with van der Waals surface area (Å²) in [5.74, 6) is 0.0237. The number of nitrogens with zero attached hydrogens (tertiary/aromatic N) is 2. The van der Waals surface area contributed by atoms with E-state index in [4.69, 9.17) is 12.2 Å². The van der Waals surface area contributed by atoms with Gasteiger partial charge in [0.1, 0.15) is 0 Å². The van der Waals surface area contributed by atoms with Gasteiger partial charge in [0.2, 0.25) is 0 Å². The van der Waals surface area contributed by atoms with Gasteiger partial charge in [-0.15, -0.1) is 0 Å². The second-order valence-electron chi connectivity index (χ2n) is 6.63. The van der Waals surface area contributed by atoms with Crippen molar-refractivity contribution in [2.75, 3.05) is 0 Å². The Morgan fingerprint density at radius 1 is 1.42 bits per heavy atom. The van der Waals surface area contributed by atoms with Crippen LogP contribution in [0.25, 0.3) is 10.9 Å². The van der Waals surface area contributed by atoms with E-state index >= 15 is 0 Å². The van der Waals surface area contributed by atoms with Crippen molar-refractivity contribution in [1.82, 2.24) is 14.5 Å². The van der Waals surface area contributed by atoms with Gasteiger partial charge in [0.15, 0.2) is 4.77 Å². The van der Waals surface area contributed by atoms with Gasteiger partial charge in [-0.2, -0.15) is 0 Å². The molecule has 0 spiro atoms. The normalized spacial score (nSPS) is 14.8. The molecule has 1 aliphatic carbocycles. The molecular weight excluding hydrogens is 322 g/mol. The Bertz CT molecular complexity index is 893. The highest BCUT2D eigenvalue weighted by atomic mass is 32.1. The average Bonchev–Trinajstić information content (AvgIpc) is 2.49. The minimum atomic E-state index is -0.116. The molecule has 24 heavy (non-hydrogen) atoms. The first-order valence-corrected chi connectivity index (χ1v) is 8.94. The van der Waals surface area contributed by atoms with Crippen LogP contribution in [0.5, 0.6) is 0 Å². The molecule has 128 valence electrons. The summed E-state index contributed by atoms with van der Waals surface area (Å²) in [6.45, 7) is 6.50. The van der Waals surface area contributed by atoms with E-state index in [1.165, 1.54) is 11.0 Å². The zero-order valence-corrected chi connectivity index (χ0v) is 15.2. The van der Waals surface area contributed by atoms with E-state index in [-0.39, 0.29) is 17.5 Å². The van der Waals surface area contributed by atoms with E-state index in [0.29, 0.717) is 33.8 Å². The highest BCUT2D eigenvalue weighted by Gasteiger charge is 2.31. The maximum atomic E-state index is 13.0. The largest absolute Gasteiger partial charge is 0.333 e. The van der Waals surface area contributed by atoms with Crippen LogP contribution < -0.4 is 5.56 Å². The Hall–Kier alpha value is -1.95. The number of fused-ring (bicyclic) bond motifs is 1. The van der Waals surface area contributed by atoms with Gasteiger partial charge in [-0.05, 0) is 70.5 Å². The van der Waals surface area contributed by atoms with Crippen molar-refractivity contribution in [3.05, 3.63) is 38.9 Å². The third-order valence-corrected chi connectivity index (χ3v) is 5.13. The predicted octanol–water partition coefficient (Wildman–Crippen LogP) is 3.48. The lowest BCUT2D eigenvalue weighted by molar-refractivity contribution is 0.0489. The Morgan fingerprint density at radius 2 is 2.12 bits per heavy atom. The summed E-state index contributed by atoms with van der Waals surface area (Å²) in [6.07, 6.45) is 3.32. The van der Waals surface area contributed by atoms with Crippen molar-refractivity contribution in [3.8, 4) is 0 Å². The van der Waals surface area contributed by atoms with Crippen LogP contribution in [-0.4, -0.2) is 32.4 Å². The smallest absolute Gasteiger partial charge is 0.262 e. The fourth-order valence-corrected chi connectivity index (χ4v) is 3.63. The fourth-order valence-electron chi connectivity index (χ4n) is 3.31. The summed E-state index contributed by atoms with van der Waals surface area (Å²) in [5, 5.41) is 0.557. The summed E-state index contributed by atoms with van der Waals surface area (Å²) >= 11 is 5.25. The van der Waals surface area contributed by atoms with Crippen LogP contribution in [0.3, 0.4) is 0 Å². The molecule has 1 fully saturated rings. The van der Waals surface area contributed by atoms with Crippen LogP contribution in [0.2, 0.25) is 0 Å². The Labute approximate surface area is 146 Å². The quantitative estimate of drug-likeness (QED) is 0.863. The molecule has 0 atom stereocenters. The Balaban J connectivity index is 2.06.